The zero-order valence-corrected chi connectivity index (χ0v) is 19.2. The van der Waals surface area contributed by atoms with Crippen molar-refractivity contribution in [2.75, 3.05) is 16.6 Å². The highest BCUT2D eigenvalue weighted by Gasteiger charge is 2.23. The Kier molecular flexibility index (Phi) is 7.54. The van der Waals surface area contributed by atoms with E-state index >= 15 is 0 Å². The van der Waals surface area contributed by atoms with E-state index in [0.717, 1.165) is 18.4 Å². The van der Waals surface area contributed by atoms with E-state index in [1.54, 1.807) is 30.3 Å². The van der Waals surface area contributed by atoms with Crippen LogP contribution in [-0.4, -0.2) is 37.0 Å². The first-order chi connectivity index (χ1) is 15.3. The van der Waals surface area contributed by atoms with Crippen LogP contribution in [0.3, 0.4) is 0 Å². The minimum atomic E-state index is -4.12. The molecular weight excluding hydrogens is 450 g/mol. The van der Waals surface area contributed by atoms with Crippen LogP contribution >= 0.6 is 11.3 Å². The number of aryl methyl sites for hydroxylation is 1. The molecule has 3 rings (SSSR count). The summed E-state index contributed by atoms with van der Waals surface area (Å²) < 4.78 is 27.7. The number of carbonyl (C=O) groups is 2. The highest BCUT2D eigenvalue weighted by atomic mass is 32.2. The highest BCUT2D eigenvalue weighted by Crippen LogP contribution is 2.25. The van der Waals surface area contributed by atoms with Crippen molar-refractivity contribution < 1.29 is 18.0 Å². The van der Waals surface area contributed by atoms with E-state index in [0.29, 0.717) is 23.4 Å². The van der Waals surface area contributed by atoms with Crippen LogP contribution in [0.4, 0.5) is 10.8 Å². The molecule has 1 aromatic heterocycles. The fourth-order valence-electron chi connectivity index (χ4n) is 2.76. The number of unbranched alkanes of at least 4 members (excludes halogenated alkanes) is 1. The molecule has 3 N–H and O–H groups in total. The van der Waals surface area contributed by atoms with Gasteiger partial charge in [-0.2, -0.15) is 8.42 Å². The normalized spacial score (nSPS) is 11.1. The maximum absolute atomic E-state index is 12.8. The van der Waals surface area contributed by atoms with Gasteiger partial charge in [-0.05, 0) is 37.6 Å². The van der Waals surface area contributed by atoms with Crippen molar-refractivity contribution >= 4 is 44.0 Å². The zero-order chi connectivity index (χ0) is 23.1. The number of sulfonamides is 1. The lowest BCUT2D eigenvalue weighted by atomic mass is 10.1. The van der Waals surface area contributed by atoms with Crippen molar-refractivity contribution in [3.63, 3.8) is 0 Å². The summed E-state index contributed by atoms with van der Waals surface area (Å²) in [6.07, 6.45) is 1.75. The summed E-state index contributed by atoms with van der Waals surface area (Å²) in [4.78, 5) is 24.8. The number of aromatic nitrogens is 2. The van der Waals surface area contributed by atoms with Crippen LogP contribution < -0.4 is 15.4 Å². The standard InChI is InChI=1S/C21H23N5O4S2/c1-3-4-12-22-19(28)16-10-5-6-11-17(16)26-32(29,30)21-25-24-20(31-21)23-18(27)15-9-7-8-14(2)13-15/h5-11,13,26H,3-4,12H2,1-2H3,(H,22,28)(H,23,24,27). The van der Waals surface area contributed by atoms with Crippen molar-refractivity contribution in [2.45, 2.75) is 31.0 Å². The summed E-state index contributed by atoms with van der Waals surface area (Å²) in [6, 6.07) is 13.3. The average Bonchev–Trinajstić information content (AvgIpc) is 3.23. The molecule has 168 valence electrons. The molecule has 1 heterocycles. The number of hydrogen-bond acceptors (Lipinski definition) is 7. The van der Waals surface area contributed by atoms with Crippen molar-refractivity contribution in [3.05, 3.63) is 65.2 Å². The first-order valence-electron chi connectivity index (χ1n) is 9.91. The first-order valence-corrected chi connectivity index (χ1v) is 12.2. The van der Waals surface area contributed by atoms with E-state index in [-0.39, 0.29) is 26.6 Å². The Balaban J connectivity index is 1.74. The van der Waals surface area contributed by atoms with Gasteiger partial charge in [-0.15, -0.1) is 10.2 Å². The highest BCUT2D eigenvalue weighted by molar-refractivity contribution is 7.94. The Hall–Kier alpha value is -3.31. The minimum Gasteiger partial charge on any atom is -0.352 e. The predicted molar refractivity (Wildman–Crippen MR) is 124 cm³/mol. The molecule has 0 aliphatic rings. The average molecular weight is 474 g/mol. The molecule has 0 unspecified atom stereocenters. The van der Waals surface area contributed by atoms with E-state index in [1.807, 2.05) is 19.9 Å². The Bertz CT molecular complexity index is 1220. The first kappa shape index (κ1) is 23.4. The van der Waals surface area contributed by atoms with Gasteiger partial charge >= 0.3 is 0 Å². The lowest BCUT2D eigenvalue weighted by Crippen LogP contribution is -2.26. The van der Waals surface area contributed by atoms with Gasteiger partial charge in [0, 0.05) is 12.1 Å². The third kappa shape index (κ3) is 5.89. The summed E-state index contributed by atoms with van der Waals surface area (Å²) in [5.74, 6) is -0.795. The summed E-state index contributed by atoms with van der Waals surface area (Å²) in [6.45, 7) is 4.37. The lowest BCUT2D eigenvalue weighted by molar-refractivity contribution is 0.0953. The van der Waals surface area contributed by atoms with Gasteiger partial charge in [0.1, 0.15) is 0 Å². The van der Waals surface area contributed by atoms with Gasteiger partial charge in [-0.3, -0.25) is 19.6 Å². The quantitative estimate of drug-likeness (QED) is 0.322. The molecule has 2 aromatic carbocycles. The van der Waals surface area contributed by atoms with Crippen LogP contribution in [0.15, 0.2) is 52.9 Å². The summed E-state index contributed by atoms with van der Waals surface area (Å²) >= 11 is 0.712. The fourth-order valence-corrected chi connectivity index (χ4v) is 4.73. The van der Waals surface area contributed by atoms with E-state index < -0.39 is 15.9 Å². The van der Waals surface area contributed by atoms with Crippen LogP contribution in [0.1, 0.15) is 46.0 Å². The molecule has 0 aliphatic heterocycles. The van der Waals surface area contributed by atoms with E-state index in [1.165, 1.54) is 12.1 Å². The minimum absolute atomic E-state index is 0.0440. The molecule has 3 aromatic rings. The van der Waals surface area contributed by atoms with Gasteiger partial charge < -0.3 is 5.32 Å². The third-order valence-corrected chi connectivity index (χ3v) is 6.94. The van der Waals surface area contributed by atoms with Gasteiger partial charge in [-0.25, -0.2) is 0 Å². The van der Waals surface area contributed by atoms with Crippen molar-refractivity contribution in [3.8, 4) is 0 Å². The lowest BCUT2D eigenvalue weighted by Gasteiger charge is -2.11. The Labute approximate surface area is 190 Å². The van der Waals surface area contributed by atoms with E-state index in [2.05, 4.69) is 25.6 Å². The number of hydrogen-bond donors (Lipinski definition) is 3. The molecule has 0 saturated heterocycles. The van der Waals surface area contributed by atoms with Crippen LogP contribution in [0, 0.1) is 6.92 Å². The predicted octanol–water partition coefficient (Wildman–Crippen LogP) is 3.43. The summed E-state index contributed by atoms with van der Waals surface area (Å²) in [5, 5.41) is 12.8. The van der Waals surface area contributed by atoms with Gasteiger partial charge in [0.2, 0.25) is 5.13 Å². The molecule has 0 fully saturated rings. The Morgan fingerprint density at radius 2 is 1.81 bits per heavy atom. The molecular formula is C21H23N5O4S2. The molecule has 2 amide bonds. The second-order valence-corrected chi connectivity index (χ2v) is 9.79. The summed E-state index contributed by atoms with van der Waals surface area (Å²) in [5.41, 5.74) is 1.66. The second-order valence-electron chi connectivity index (χ2n) is 6.96. The largest absolute Gasteiger partial charge is 0.352 e. The van der Waals surface area contributed by atoms with Gasteiger partial charge in [0.15, 0.2) is 0 Å². The third-order valence-electron chi connectivity index (χ3n) is 4.37. The topological polar surface area (TPSA) is 130 Å². The molecule has 0 radical (unpaired) electrons. The molecule has 9 nitrogen and oxygen atoms in total. The van der Waals surface area contributed by atoms with Crippen LogP contribution in [0.25, 0.3) is 0 Å². The van der Waals surface area contributed by atoms with Gasteiger partial charge in [-0.1, -0.05) is 54.5 Å². The number of benzene rings is 2. The van der Waals surface area contributed by atoms with Crippen molar-refractivity contribution in [1.29, 1.82) is 0 Å². The van der Waals surface area contributed by atoms with Gasteiger partial charge in [0.25, 0.3) is 26.2 Å². The van der Waals surface area contributed by atoms with Crippen molar-refractivity contribution in [1.82, 2.24) is 15.5 Å². The SMILES string of the molecule is CCCCNC(=O)c1ccccc1NS(=O)(=O)c1nnc(NC(=O)c2cccc(C)c2)s1. The Morgan fingerprint density at radius 1 is 1.03 bits per heavy atom. The smallest absolute Gasteiger partial charge is 0.291 e. The number of nitrogens with zero attached hydrogens (tertiary/aromatic N) is 2. The maximum Gasteiger partial charge on any atom is 0.291 e. The fraction of sp³-hybridized carbons (Fsp3) is 0.238. The monoisotopic (exact) mass is 473 g/mol. The van der Waals surface area contributed by atoms with E-state index in [9.17, 15) is 18.0 Å². The number of nitrogens with one attached hydrogen (secondary N) is 3. The molecule has 0 atom stereocenters. The molecule has 11 heteroatoms. The molecule has 32 heavy (non-hydrogen) atoms. The van der Waals surface area contributed by atoms with Crippen LogP contribution in [-0.2, 0) is 10.0 Å². The van der Waals surface area contributed by atoms with E-state index in [4.69, 9.17) is 0 Å². The maximum atomic E-state index is 12.8. The molecule has 0 spiro atoms. The van der Waals surface area contributed by atoms with Crippen LogP contribution in [0.5, 0.6) is 0 Å². The van der Waals surface area contributed by atoms with Crippen molar-refractivity contribution in [2.24, 2.45) is 0 Å². The number of para-hydroxylation sites is 1. The summed E-state index contributed by atoms with van der Waals surface area (Å²) in [7, 11) is -4.12. The molecule has 0 saturated carbocycles. The molecule has 0 aliphatic carbocycles. The number of carbonyl (C=O) groups excluding carboxylic acids is 2. The van der Waals surface area contributed by atoms with Gasteiger partial charge in [0.05, 0.1) is 11.3 Å². The number of amides is 2. The second kappa shape index (κ2) is 10.3. The number of anilines is 2. The Morgan fingerprint density at radius 3 is 2.56 bits per heavy atom. The zero-order valence-electron chi connectivity index (χ0n) is 17.6. The molecule has 0 bridgehead atoms. The number of rotatable bonds is 9. The van der Waals surface area contributed by atoms with Crippen LogP contribution in [0.2, 0.25) is 0 Å².